The van der Waals surface area contributed by atoms with Crippen molar-refractivity contribution in [2.24, 2.45) is 0 Å². The Morgan fingerprint density at radius 1 is 0.700 bits per heavy atom. The maximum Gasteiger partial charge on any atom is 0.325 e. The zero-order valence-corrected chi connectivity index (χ0v) is 22.2. The number of hydrogen-bond donors (Lipinski definition) is 1. The summed E-state index contributed by atoms with van der Waals surface area (Å²) in [5.74, 6) is 0. The van der Waals surface area contributed by atoms with Crippen LogP contribution < -0.4 is 0 Å². The van der Waals surface area contributed by atoms with Crippen molar-refractivity contribution in [1.29, 1.82) is 0 Å². The van der Waals surface area contributed by atoms with E-state index in [-0.39, 0.29) is 0 Å². The molecule has 0 aliphatic heterocycles. The summed E-state index contributed by atoms with van der Waals surface area (Å²) in [6, 6.07) is 8.95. The molecular weight excluding hydrogens is 506 g/mol. The summed E-state index contributed by atoms with van der Waals surface area (Å²) in [6.45, 7) is 1.67. The molecule has 0 aromatic heterocycles. The summed E-state index contributed by atoms with van der Waals surface area (Å²) >= 11 is 2.37. The first-order valence-corrected chi connectivity index (χ1v) is 15.3. The maximum absolute atomic E-state index is 11.0. The standard InChI is InChI=1S/C25H44IO3P/c1-30(27,28)29-23-17-15-13-11-9-7-5-3-2-4-6-8-10-12-14-16-18-24-19-21-25(26)22-20-24/h19-22H,2-18,23H2,1H3,(H,27,28). The molecule has 30 heavy (non-hydrogen) atoms. The second kappa shape index (κ2) is 18.7. The summed E-state index contributed by atoms with van der Waals surface area (Å²) in [6.07, 6.45) is 22.3. The van der Waals surface area contributed by atoms with Crippen LogP contribution in [0.15, 0.2) is 24.3 Å². The van der Waals surface area contributed by atoms with E-state index in [2.05, 4.69) is 46.9 Å². The van der Waals surface area contributed by atoms with Crippen molar-refractivity contribution < 1.29 is 14.0 Å². The van der Waals surface area contributed by atoms with Crippen molar-refractivity contribution >= 4 is 30.2 Å². The second-order valence-electron chi connectivity index (χ2n) is 8.67. The summed E-state index contributed by atoms with van der Waals surface area (Å²) in [7, 11) is -3.27. The highest BCUT2D eigenvalue weighted by Gasteiger charge is 2.08. The Morgan fingerprint density at radius 3 is 1.47 bits per heavy atom. The van der Waals surface area contributed by atoms with Gasteiger partial charge in [0.2, 0.25) is 0 Å². The van der Waals surface area contributed by atoms with Gasteiger partial charge in [-0.15, -0.1) is 0 Å². The van der Waals surface area contributed by atoms with Gasteiger partial charge >= 0.3 is 7.60 Å². The van der Waals surface area contributed by atoms with Gasteiger partial charge in [0.15, 0.2) is 0 Å². The van der Waals surface area contributed by atoms with Crippen molar-refractivity contribution in [2.75, 3.05) is 13.3 Å². The first kappa shape index (κ1) is 28.1. The minimum absolute atomic E-state index is 0.414. The molecular formula is C25H44IO3P. The van der Waals surface area contributed by atoms with Crippen LogP contribution in [0.3, 0.4) is 0 Å². The van der Waals surface area contributed by atoms with Crippen LogP contribution in [-0.2, 0) is 15.5 Å². The van der Waals surface area contributed by atoms with Crippen LogP contribution in [-0.4, -0.2) is 18.2 Å². The van der Waals surface area contributed by atoms with Gasteiger partial charge in [-0.05, 0) is 59.5 Å². The highest BCUT2D eigenvalue weighted by molar-refractivity contribution is 14.1. The van der Waals surface area contributed by atoms with Crippen molar-refractivity contribution in [3.8, 4) is 0 Å². The molecule has 0 radical (unpaired) electrons. The van der Waals surface area contributed by atoms with Crippen LogP contribution >= 0.6 is 30.2 Å². The molecule has 1 rings (SSSR count). The minimum Gasteiger partial charge on any atom is -0.324 e. The van der Waals surface area contributed by atoms with Gasteiger partial charge in [-0.25, -0.2) is 0 Å². The maximum atomic E-state index is 11.0. The topological polar surface area (TPSA) is 46.5 Å². The molecule has 1 aromatic rings. The lowest BCUT2D eigenvalue weighted by Crippen LogP contribution is -1.91. The van der Waals surface area contributed by atoms with Gasteiger partial charge in [0.05, 0.1) is 6.61 Å². The molecule has 174 valence electrons. The average Bonchev–Trinajstić information content (AvgIpc) is 2.70. The predicted molar refractivity (Wildman–Crippen MR) is 138 cm³/mol. The molecule has 1 aromatic carbocycles. The molecule has 5 heteroatoms. The summed E-state index contributed by atoms with van der Waals surface area (Å²) in [4.78, 5) is 9.03. The first-order valence-electron chi connectivity index (χ1n) is 12.2. The first-order chi connectivity index (χ1) is 14.5. The Bertz CT molecular complexity index is 556. The van der Waals surface area contributed by atoms with Crippen molar-refractivity contribution in [3.63, 3.8) is 0 Å². The highest BCUT2D eigenvalue weighted by atomic mass is 127. The van der Waals surface area contributed by atoms with Crippen LogP contribution in [0.5, 0.6) is 0 Å². The third-order valence-corrected chi connectivity index (χ3v) is 6.98. The van der Waals surface area contributed by atoms with E-state index >= 15 is 0 Å². The van der Waals surface area contributed by atoms with Crippen molar-refractivity contribution in [3.05, 3.63) is 33.4 Å². The molecule has 0 heterocycles. The van der Waals surface area contributed by atoms with E-state index in [1.807, 2.05) is 0 Å². The van der Waals surface area contributed by atoms with Crippen LogP contribution in [0.1, 0.15) is 108 Å². The Morgan fingerprint density at radius 2 is 1.07 bits per heavy atom. The van der Waals surface area contributed by atoms with Gasteiger partial charge in [0, 0.05) is 10.2 Å². The van der Waals surface area contributed by atoms with Crippen molar-refractivity contribution in [2.45, 2.75) is 109 Å². The average molecular weight is 551 g/mol. The number of halogens is 1. The number of benzene rings is 1. The predicted octanol–water partition coefficient (Wildman–Crippen LogP) is 8.91. The van der Waals surface area contributed by atoms with Crippen LogP contribution in [0.25, 0.3) is 0 Å². The van der Waals surface area contributed by atoms with Gasteiger partial charge in [-0.1, -0.05) is 102 Å². The van der Waals surface area contributed by atoms with E-state index in [9.17, 15) is 4.57 Å². The van der Waals surface area contributed by atoms with E-state index < -0.39 is 7.60 Å². The molecule has 0 bridgehead atoms. The molecule has 1 N–H and O–H groups in total. The fourth-order valence-corrected chi connectivity index (χ4v) is 4.62. The van der Waals surface area contributed by atoms with Crippen molar-refractivity contribution in [1.82, 2.24) is 0 Å². The van der Waals surface area contributed by atoms with Gasteiger partial charge < -0.3 is 9.42 Å². The Labute approximate surface area is 199 Å². The third-order valence-electron chi connectivity index (χ3n) is 5.60. The molecule has 0 aliphatic carbocycles. The van der Waals surface area contributed by atoms with Crippen LogP contribution in [0, 0.1) is 3.57 Å². The monoisotopic (exact) mass is 550 g/mol. The number of unbranched alkanes of at least 4 members (excludes halogenated alkanes) is 15. The minimum atomic E-state index is -3.27. The Hall–Kier alpha value is 0.1000. The van der Waals surface area contributed by atoms with E-state index in [4.69, 9.17) is 9.42 Å². The van der Waals surface area contributed by atoms with E-state index in [1.165, 1.54) is 112 Å². The Kier molecular flexibility index (Phi) is 17.5. The van der Waals surface area contributed by atoms with E-state index in [0.29, 0.717) is 6.61 Å². The second-order valence-corrected chi connectivity index (χ2v) is 11.8. The number of aryl methyl sites for hydroxylation is 1. The van der Waals surface area contributed by atoms with Gasteiger partial charge in [-0.3, -0.25) is 4.57 Å². The summed E-state index contributed by atoms with van der Waals surface area (Å²) in [5.41, 5.74) is 1.48. The summed E-state index contributed by atoms with van der Waals surface area (Å²) < 4.78 is 17.2. The van der Waals surface area contributed by atoms with Gasteiger partial charge in [-0.2, -0.15) is 0 Å². The van der Waals surface area contributed by atoms with E-state index in [1.54, 1.807) is 0 Å². The fourth-order valence-electron chi connectivity index (χ4n) is 3.79. The smallest absolute Gasteiger partial charge is 0.324 e. The van der Waals surface area contributed by atoms with Gasteiger partial charge in [0.25, 0.3) is 0 Å². The molecule has 0 aliphatic rings. The quantitative estimate of drug-likeness (QED) is 0.100. The lowest BCUT2D eigenvalue weighted by atomic mass is 10.0. The molecule has 1 unspecified atom stereocenters. The highest BCUT2D eigenvalue weighted by Crippen LogP contribution is 2.36. The number of rotatable bonds is 20. The Balaban J connectivity index is 1.72. The van der Waals surface area contributed by atoms with Crippen LogP contribution in [0.4, 0.5) is 0 Å². The normalized spacial score (nSPS) is 13.4. The van der Waals surface area contributed by atoms with E-state index in [0.717, 1.165) is 12.8 Å². The van der Waals surface area contributed by atoms with Gasteiger partial charge in [0.1, 0.15) is 0 Å². The summed E-state index contributed by atoms with van der Waals surface area (Å²) in [5, 5.41) is 0. The molecule has 0 spiro atoms. The molecule has 0 saturated heterocycles. The largest absolute Gasteiger partial charge is 0.325 e. The molecule has 1 atom stereocenters. The van der Waals surface area contributed by atoms with Crippen LogP contribution in [0.2, 0.25) is 0 Å². The molecule has 0 saturated carbocycles. The molecule has 0 fully saturated rings. The SMILES string of the molecule is CP(=O)(O)OCCCCCCCCCCCCCCCCCCc1ccc(I)cc1. The molecule has 0 amide bonds. The zero-order chi connectivity index (χ0) is 21.9. The zero-order valence-electron chi connectivity index (χ0n) is 19.1. The lowest BCUT2D eigenvalue weighted by Gasteiger charge is -2.06. The molecule has 3 nitrogen and oxygen atoms in total. The fraction of sp³-hybridized carbons (Fsp3) is 0.760. The number of hydrogen-bond acceptors (Lipinski definition) is 2. The third kappa shape index (κ3) is 18.8. The lowest BCUT2D eigenvalue weighted by molar-refractivity contribution is 0.257.